The van der Waals surface area contributed by atoms with Gasteiger partial charge in [-0.3, -0.25) is 4.79 Å². The molecule has 0 aliphatic carbocycles. The molecule has 0 amide bonds. The fraction of sp³-hybridized carbons (Fsp3) is 0. The Bertz CT molecular complexity index is 1310. The van der Waals surface area contributed by atoms with Crippen LogP contribution < -0.4 is 10.4 Å². The van der Waals surface area contributed by atoms with Gasteiger partial charge in [-0.2, -0.15) is 0 Å². The molecule has 0 saturated heterocycles. The predicted molar refractivity (Wildman–Crippen MR) is 131 cm³/mol. The Kier molecular flexibility index (Phi) is 5.16. The molecule has 136 valence electrons. The zero-order valence-corrected chi connectivity index (χ0v) is 17.9. The summed E-state index contributed by atoms with van der Waals surface area (Å²) in [6, 6.07) is 15.2. The largest absolute Gasteiger partial charge is 0.299 e. The first-order valence-electron chi connectivity index (χ1n) is 8.68. The van der Waals surface area contributed by atoms with Crippen LogP contribution in [-0.4, -0.2) is 6.29 Å². The zero-order valence-electron chi connectivity index (χ0n) is 14.6. The topological polar surface area (TPSA) is 17.1 Å². The second-order valence-electron chi connectivity index (χ2n) is 6.19. The second-order valence-corrected chi connectivity index (χ2v) is 10.4. The molecular weight excluding hydrogens is 421 g/mol. The maximum Gasteiger partial charge on any atom is 0.142 e. The van der Waals surface area contributed by atoms with Crippen molar-refractivity contribution in [3.05, 3.63) is 86.2 Å². The third-order valence-corrected chi connectivity index (χ3v) is 8.90. The lowest BCUT2D eigenvalue weighted by molar-refractivity contribution is -0.104. The number of carbonyl (C=O) groups is 1. The van der Waals surface area contributed by atoms with E-state index in [0.717, 1.165) is 11.8 Å². The minimum Gasteiger partial charge on any atom is -0.299 e. The molecule has 28 heavy (non-hydrogen) atoms. The Morgan fingerprint density at radius 2 is 1.18 bits per heavy atom. The molecule has 0 N–H and O–H groups in total. The maximum atomic E-state index is 10.8. The van der Waals surface area contributed by atoms with Gasteiger partial charge in [-0.1, -0.05) is 89.5 Å². The number of hydrogen-bond acceptors (Lipinski definition) is 5. The third-order valence-electron chi connectivity index (χ3n) is 4.63. The van der Waals surface area contributed by atoms with E-state index in [4.69, 9.17) is 0 Å². The van der Waals surface area contributed by atoms with E-state index in [2.05, 4.69) is 64.1 Å². The van der Waals surface area contributed by atoms with Crippen molar-refractivity contribution in [3.63, 3.8) is 0 Å². The molecule has 0 atom stereocenters. The molecule has 0 fully saturated rings. The average molecular weight is 435 g/mol. The summed E-state index contributed by atoms with van der Waals surface area (Å²) in [6.07, 6.45) is 4.25. The summed E-state index contributed by atoms with van der Waals surface area (Å²) in [5, 5.41) is 16.3. The average Bonchev–Trinajstić information content (AvgIpc) is 3.44. The number of fused-ring (bicyclic) bond motifs is 2. The molecule has 0 unspecified atom stereocenters. The minimum atomic E-state index is 0.825. The molecule has 5 heteroatoms. The van der Waals surface area contributed by atoms with Crippen molar-refractivity contribution in [1.29, 1.82) is 0 Å². The summed E-state index contributed by atoms with van der Waals surface area (Å²) >= 11 is 7.15. The molecule has 0 saturated carbocycles. The Morgan fingerprint density at radius 1 is 0.643 bits per heavy atom. The van der Waals surface area contributed by atoms with Crippen LogP contribution in [0.5, 0.6) is 0 Å². The standard InChI is InChI=1S/C23H14OS4/c24-9-3-4-15-7-8-18-19(14-15)21(23-27-12-13-28-23)17-6-2-1-5-16(17)20(18)22-25-10-11-26-22/h1-14H/b4-3+. The van der Waals surface area contributed by atoms with Crippen molar-refractivity contribution in [2.24, 2.45) is 0 Å². The van der Waals surface area contributed by atoms with E-state index in [1.165, 1.54) is 40.5 Å². The molecule has 0 aromatic heterocycles. The number of allylic oxidation sites excluding steroid dienone is 1. The fourth-order valence-electron chi connectivity index (χ4n) is 3.54. The van der Waals surface area contributed by atoms with Gasteiger partial charge in [0, 0.05) is 10.4 Å². The van der Waals surface area contributed by atoms with E-state index in [1.54, 1.807) is 53.1 Å². The molecule has 0 radical (unpaired) electrons. The normalized spacial score (nSPS) is 16.3. The van der Waals surface area contributed by atoms with Gasteiger partial charge < -0.3 is 0 Å². The molecule has 2 aliphatic rings. The Labute approximate surface area is 179 Å². The minimum absolute atomic E-state index is 0.825. The third kappa shape index (κ3) is 3.16. The van der Waals surface area contributed by atoms with Crippen LogP contribution >= 0.6 is 47.0 Å². The highest BCUT2D eigenvalue weighted by Gasteiger charge is 2.15. The van der Waals surface area contributed by atoms with Gasteiger partial charge in [0.25, 0.3) is 0 Å². The van der Waals surface area contributed by atoms with E-state index in [-0.39, 0.29) is 0 Å². The van der Waals surface area contributed by atoms with Gasteiger partial charge in [0.1, 0.15) is 6.29 Å². The monoisotopic (exact) mass is 434 g/mol. The fourth-order valence-corrected chi connectivity index (χ4v) is 7.38. The number of hydrogen-bond donors (Lipinski definition) is 0. The molecule has 3 aromatic carbocycles. The lowest BCUT2D eigenvalue weighted by Crippen LogP contribution is -2.17. The van der Waals surface area contributed by atoms with Crippen LogP contribution in [0.3, 0.4) is 0 Å². The zero-order chi connectivity index (χ0) is 18.9. The van der Waals surface area contributed by atoms with Crippen molar-refractivity contribution >= 4 is 89.4 Å². The van der Waals surface area contributed by atoms with Gasteiger partial charge in [-0.15, -0.1) is 0 Å². The van der Waals surface area contributed by atoms with E-state index in [9.17, 15) is 4.79 Å². The van der Waals surface area contributed by atoms with Crippen molar-refractivity contribution in [1.82, 2.24) is 0 Å². The highest BCUT2D eigenvalue weighted by atomic mass is 32.2. The summed E-state index contributed by atoms with van der Waals surface area (Å²) in [4.78, 5) is 10.8. The predicted octanol–water partition coefficient (Wildman–Crippen LogP) is 6.24. The number of rotatable bonds is 2. The lowest BCUT2D eigenvalue weighted by Gasteiger charge is -2.11. The second kappa shape index (κ2) is 7.91. The van der Waals surface area contributed by atoms with Crippen LogP contribution in [0.15, 0.2) is 70.2 Å². The first-order chi connectivity index (χ1) is 13.9. The van der Waals surface area contributed by atoms with Gasteiger partial charge in [-0.05, 0) is 60.9 Å². The quantitative estimate of drug-likeness (QED) is 0.269. The first-order valence-corrected chi connectivity index (χ1v) is 12.2. The van der Waals surface area contributed by atoms with Gasteiger partial charge in [0.15, 0.2) is 0 Å². The van der Waals surface area contributed by atoms with Gasteiger partial charge in [0.2, 0.25) is 0 Å². The molecule has 3 aromatic rings. The number of benzene rings is 3. The molecule has 2 aliphatic heterocycles. The van der Waals surface area contributed by atoms with Crippen LogP contribution in [0.1, 0.15) is 5.56 Å². The smallest absolute Gasteiger partial charge is 0.142 e. The lowest BCUT2D eigenvalue weighted by atomic mass is 9.97. The van der Waals surface area contributed by atoms with E-state index in [1.807, 2.05) is 6.08 Å². The Balaban J connectivity index is 2.03. The van der Waals surface area contributed by atoms with Crippen LogP contribution in [-0.2, 0) is 4.79 Å². The maximum absolute atomic E-state index is 10.8. The summed E-state index contributed by atoms with van der Waals surface area (Å²) in [5.74, 6) is 0. The van der Waals surface area contributed by atoms with E-state index < -0.39 is 0 Å². The van der Waals surface area contributed by atoms with Crippen molar-refractivity contribution in [2.75, 3.05) is 0 Å². The summed E-state index contributed by atoms with van der Waals surface area (Å²) in [5.41, 5.74) is 1.04. The van der Waals surface area contributed by atoms with E-state index in [0.29, 0.717) is 0 Å². The van der Waals surface area contributed by atoms with Crippen molar-refractivity contribution in [3.8, 4) is 0 Å². The SMILES string of the molecule is O=C/C=C/c1ccc2c(=C3SC=CS3)c3ccccc3c(=C3SC=CS3)c2c1. The molecular formula is C23H14OS4. The highest BCUT2D eigenvalue weighted by molar-refractivity contribution is 8.35. The van der Waals surface area contributed by atoms with Crippen molar-refractivity contribution in [2.45, 2.75) is 0 Å². The molecule has 5 rings (SSSR count). The number of carbonyl (C=O) groups excluding carboxylic acids is 1. The van der Waals surface area contributed by atoms with Gasteiger partial charge in [0.05, 0.1) is 8.47 Å². The molecule has 0 spiro atoms. The van der Waals surface area contributed by atoms with Crippen molar-refractivity contribution < 1.29 is 4.79 Å². The van der Waals surface area contributed by atoms with E-state index >= 15 is 0 Å². The first kappa shape index (κ1) is 18.3. The molecule has 2 heterocycles. The molecule has 0 bridgehead atoms. The van der Waals surface area contributed by atoms with Crippen LogP contribution in [0, 0.1) is 0 Å². The van der Waals surface area contributed by atoms with Crippen LogP contribution in [0.25, 0.3) is 36.1 Å². The highest BCUT2D eigenvalue weighted by Crippen LogP contribution is 2.41. The Hall–Kier alpha value is -1.79. The summed E-state index contributed by atoms with van der Waals surface area (Å²) < 4.78 is 2.62. The molecule has 1 nitrogen and oxygen atoms in total. The van der Waals surface area contributed by atoms with Gasteiger partial charge in [-0.25, -0.2) is 0 Å². The van der Waals surface area contributed by atoms with Gasteiger partial charge >= 0.3 is 0 Å². The van der Waals surface area contributed by atoms with Crippen LogP contribution in [0.2, 0.25) is 0 Å². The Morgan fingerprint density at radius 3 is 1.75 bits per heavy atom. The van der Waals surface area contributed by atoms with Crippen LogP contribution in [0.4, 0.5) is 0 Å². The number of thioether (sulfide) groups is 4. The number of aldehydes is 1. The summed E-state index contributed by atoms with van der Waals surface area (Å²) in [6.45, 7) is 0. The summed E-state index contributed by atoms with van der Waals surface area (Å²) in [7, 11) is 0.